The molecule has 254 valence electrons. The van der Waals surface area contributed by atoms with Crippen LogP contribution >= 0.6 is 11.8 Å². The van der Waals surface area contributed by atoms with E-state index in [0.717, 1.165) is 38.1 Å². The maximum absolute atomic E-state index is 15.5. The highest BCUT2D eigenvalue weighted by Crippen LogP contribution is 2.40. The van der Waals surface area contributed by atoms with E-state index in [2.05, 4.69) is 9.97 Å². The van der Waals surface area contributed by atoms with Crippen LogP contribution in [0.5, 0.6) is 5.75 Å². The minimum absolute atomic E-state index is 0.0144. The molecule has 1 atom stereocenters. The normalized spacial score (nSPS) is 13.2. The third-order valence-corrected chi connectivity index (χ3v) is 6.88. The molecule has 47 heavy (non-hydrogen) atoms. The Kier molecular flexibility index (Phi) is 12.1. The van der Waals surface area contributed by atoms with Crippen LogP contribution in [-0.2, 0) is 5.60 Å². The molecule has 0 aliphatic rings. The lowest BCUT2D eigenvalue weighted by Gasteiger charge is -2.30. The van der Waals surface area contributed by atoms with Gasteiger partial charge in [-0.05, 0) is 74.9 Å². The smallest absolute Gasteiger partial charge is 0.399 e. The van der Waals surface area contributed by atoms with Gasteiger partial charge in [-0.25, -0.2) is 28.4 Å². The molecule has 0 spiro atoms. The summed E-state index contributed by atoms with van der Waals surface area (Å²) in [4.78, 5) is 8.03. The van der Waals surface area contributed by atoms with E-state index in [1.165, 1.54) is 25.4 Å². The number of pyridine rings is 2. The number of thioether (sulfide) groups is 1. The number of hydrazine groups is 1. The number of aliphatic hydroxyl groups is 1. The molecule has 5 N–H and O–H groups in total. The van der Waals surface area contributed by atoms with Crippen molar-refractivity contribution in [3.63, 3.8) is 0 Å². The van der Waals surface area contributed by atoms with Gasteiger partial charge in [0.2, 0.25) is 0 Å². The van der Waals surface area contributed by atoms with Crippen molar-refractivity contribution in [2.75, 3.05) is 26.2 Å². The molecule has 2 heterocycles. The van der Waals surface area contributed by atoms with Crippen molar-refractivity contribution in [2.45, 2.75) is 38.0 Å². The number of rotatable bonds is 9. The quantitative estimate of drug-likeness (QED) is 0.0964. The highest BCUT2D eigenvalue weighted by atomic mass is 32.2. The molecule has 2 aromatic heterocycles. The van der Waals surface area contributed by atoms with Crippen LogP contribution in [0.1, 0.15) is 36.6 Å². The lowest BCUT2D eigenvalue weighted by molar-refractivity contribution is -0.155. The highest BCUT2D eigenvalue weighted by Gasteiger charge is 2.44. The van der Waals surface area contributed by atoms with Gasteiger partial charge < -0.3 is 20.6 Å². The number of alkyl halides is 5. The predicted molar refractivity (Wildman–Crippen MR) is 169 cm³/mol. The van der Waals surface area contributed by atoms with E-state index in [1.54, 1.807) is 23.9 Å². The minimum Gasteiger partial charge on any atom is -0.494 e. The molecule has 0 aliphatic carbocycles. The molecule has 0 fully saturated rings. The van der Waals surface area contributed by atoms with Crippen LogP contribution in [0, 0.1) is 11.6 Å². The molecule has 0 bridgehead atoms. The Balaban J connectivity index is 0.00000192. The maximum atomic E-state index is 15.5. The van der Waals surface area contributed by atoms with Crippen LogP contribution in [0.2, 0.25) is 0 Å². The molecule has 2 aromatic carbocycles. The molecule has 7 nitrogen and oxygen atoms in total. The van der Waals surface area contributed by atoms with Gasteiger partial charge in [-0.2, -0.15) is 24.9 Å². The number of fused-ring (bicyclic) bond motifs is 1. The predicted octanol–water partition coefficient (Wildman–Crippen LogP) is 7.20. The third-order valence-electron chi connectivity index (χ3n) is 6.88. The molecule has 4 aromatic rings. The van der Waals surface area contributed by atoms with Crippen molar-refractivity contribution >= 4 is 28.4 Å². The fourth-order valence-corrected chi connectivity index (χ4v) is 4.65. The summed E-state index contributed by atoms with van der Waals surface area (Å²) in [5.74, 6) is 1.55. The van der Waals surface area contributed by atoms with Gasteiger partial charge in [-0.3, -0.25) is 4.98 Å². The fourth-order valence-electron chi connectivity index (χ4n) is 4.65. The average molecular weight is 686 g/mol. The Morgan fingerprint density at radius 2 is 1.66 bits per heavy atom. The van der Waals surface area contributed by atoms with Crippen molar-refractivity contribution in [2.24, 2.45) is 11.6 Å². The Bertz CT molecular complexity index is 1710. The topological polar surface area (TPSA) is 111 Å². The summed E-state index contributed by atoms with van der Waals surface area (Å²) in [5.41, 5.74) is 0.665. The van der Waals surface area contributed by atoms with Crippen molar-refractivity contribution < 1.29 is 40.6 Å². The first kappa shape index (κ1) is 37.4. The molecular weight excluding hydrogens is 651 g/mol. The largest absolute Gasteiger partial charge is 0.494 e. The second kappa shape index (κ2) is 15.2. The zero-order valence-corrected chi connectivity index (χ0v) is 26.9. The molecular formula is C32H34F7N5O2S. The first-order valence-corrected chi connectivity index (χ1v) is 15.5. The lowest BCUT2D eigenvalue weighted by Crippen LogP contribution is -2.42. The van der Waals surface area contributed by atoms with E-state index < -0.39 is 70.6 Å². The van der Waals surface area contributed by atoms with Crippen molar-refractivity contribution in [1.82, 2.24) is 15.0 Å². The van der Waals surface area contributed by atoms with Crippen molar-refractivity contribution in [3.8, 4) is 17.0 Å². The number of hydrogen-bond donors (Lipinski definition) is 3. The standard InChI is InChI=1S/C30H28F7N5O2.C2H6S/c1-29(2,43)19-13-21(41-26(23(19)32)15-6-8-18(31)9-7-15)20(30(35,36)37)14-42(39)27(28(33)34)24(38)17-11-16-5-4-10-40-25(16)22(12-17)44-3;1-3-2/h4-13,20,28,43H,14,38-39H2,1-3H3;1-2H3/b27-24-;. The third kappa shape index (κ3) is 8.84. The first-order chi connectivity index (χ1) is 21.9. The lowest BCUT2D eigenvalue weighted by atomic mass is 9.92. The molecule has 1 unspecified atom stereocenters. The van der Waals surface area contributed by atoms with Gasteiger partial charge in [0.15, 0.2) is 5.82 Å². The van der Waals surface area contributed by atoms with Gasteiger partial charge >= 0.3 is 6.18 Å². The van der Waals surface area contributed by atoms with Crippen molar-refractivity contribution in [3.05, 3.63) is 94.9 Å². The van der Waals surface area contributed by atoms with Gasteiger partial charge in [0.05, 0.1) is 30.6 Å². The summed E-state index contributed by atoms with van der Waals surface area (Å²) >= 11 is 1.75. The Morgan fingerprint density at radius 1 is 1.04 bits per heavy atom. The average Bonchev–Trinajstić information content (AvgIpc) is 2.99. The van der Waals surface area contributed by atoms with Gasteiger partial charge in [0, 0.05) is 28.3 Å². The zero-order valence-electron chi connectivity index (χ0n) is 26.0. The van der Waals surface area contributed by atoms with E-state index >= 15 is 4.39 Å². The number of allylic oxidation sites excluding steroid dienone is 1. The maximum Gasteiger partial charge on any atom is 0.399 e. The molecule has 0 saturated heterocycles. The summed E-state index contributed by atoms with van der Waals surface area (Å²) in [6.45, 7) is 0.975. The SMILES string of the molecule is COc1cc(/C(N)=C(\C(F)F)N(N)CC(c2cc(C(C)(C)O)c(F)c(-c3ccc(F)cc3)n2)C(F)(F)F)cc2cccnc12.CSC. The number of ether oxygens (including phenoxy) is 1. The number of aromatic nitrogens is 2. The molecule has 0 aliphatic heterocycles. The minimum atomic E-state index is -5.14. The van der Waals surface area contributed by atoms with Crippen LogP contribution in [0.15, 0.2) is 66.5 Å². The van der Waals surface area contributed by atoms with Gasteiger partial charge in [-0.15, -0.1) is 0 Å². The van der Waals surface area contributed by atoms with Gasteiger partial charge in [0.25, 0.3) is 6.43 Å². The molecule has 4 rings (SSSR count). The second-order valence-corrected chi connectivity index (χ2v) is 11.6. The summed E-state index contributed by atoms with van der Waals surface area (Å²) in [6.07, 6.45) is -2.99. The summed E-state index contributed by atoms with van der Waals surface area (Å²) in [6, 6.07) is 10.7. The number of halogens is 7. The van der Waals surface area contributed by atoms with Crippen LogP contribution in [-0.4, -0.2) is 58.9 Å². The fraction of sp³-hybridized carbons (Fsp3) is 0.312. The zero-order chi connectivity index (χ0) is 35.3. The number of methoxy groups -OCH3 is 1. The van der Waals surface area contributed by atoms with Crippen molar-refractivity contribution in [1.29, 1.82) is 0 Å². The van der Waals surface area contributed by atoms with Crippen LogP contribution in [0.25, 0.3) is 27.9 Å². The number of nitrogens with two attached hydrogens (primary N) is 2. The van der Waals surface area contributed by atoms with E-state index in [1.807, 2.05) is 12.5 Å². The van der Waals surface area contributed by atoms with Crippen LogP contribution < -0.4 is 16.3 Å². The van der Waals surface area contributed by atoms with Gasteiger partial charge in [-0.1, -0.05) is 6.07 Å². The highest BCUT2D eigenvalue weighted by molar-refractivity contribution is 7.97. The van der Waals surface area contributed by atoms with Crippen LogP contribution in [0.3, 0.4) is 0 Å². The molecule has 0 saturated carbocycles. The first-order valence-electron chi connectivity index (χ1n) is 13.8. The molecule has 0 radical (unpaired) electrons. The van der Waals surface area contributed by atoms with Crippen LogP contribution in [0.4, 0.5) is 30.7 Å². The summed E-state index contributed by atoms with van der Waals surface area (Å²) in [5, 5.41) is 11.2. The van der Waals surface area contributed by atoms with E-state index in [0.29, 0.717) is 17.0 Å². The van der Waals surface area contributed by atoms with E-state index in [-0.39, 0.29) is 21.9 Å². The summed E-state index contributed by atoms with van der Waals surface area (Å²) < 4.78 is 107. The molecule has 0 amide bonds. The Morgan fingerprint density at radius 3 is 2.19 bits per heavy atom. The number of benzene rings is 2. The van der Waals surface area contributed by atoms with Gasteiger partial charge in [0.1, 0.15) is 34.4 Å². The number of nitrogens with zero attached hydrogens (tertiary/aromatic N) is 3. The summed E-state index contributed by atoms with van der Waals surface area (Å²) in [7, 11) is 1.32. The monoisotopic (exact) mass is 685 g/mol. The van der Waals surface area contributed by atoms with E-state index in [4.69, 9.17) is 16.3 Å². The number of hydrogen-bond acceptors (Lipinski definition) is 8. The molecule has 15 heteroatoms. The van der Waals surface area contributed by atoms with E-state index in [9.17, 15) is 31.4 Å². The Labute approximate surface area is 271 Å². The Hall–Kier alpha value is -4.08. The second-order valence-electron chi connectivity index (χ2n) is 10.8.